The Morgan fingerprint density at radius 2 is 1.90 bits per heavy atom. The van der Waals surface area contributed by atoms with Gasteiger partial charge in [0.25, 0.3) is 0 Å². The molecule has 0 spiro atoms. The number of nitrogen functional groups attached to an aromatic ring is 1. The maximum absolute atomic E-state index is 11.7. The molecule has 0 fully saturated rings. The topological polar surface area (TPSA) is 110 Å². The first-order chi connectivity index (χ1) is 9.19. The lowest BCUT2D eigenvalue weighted by molar-refractivity contribution is 0.559. The lowest BCUT2D eigenvalue weighted by Gasteiger charge is -2.23. The zero-order valence-electron chi connectivity index (χ0n) is 12.4. The number of nitrogens with two attached hydrogens (primary N) is 1. The number of anilines is 2. The summed E-state index contributed by atoms with van der Waals surface area (Å²) < 4.78 is 22.4. The van der Waals surface area contributed by atoms with Crippen molar-refractivity contribution in [3.05, 3.63) is 11.9 Å². The number of nitrogens with one attached hydrogen (secondary N) is 2. The van der Waals surface area contributed by atoms with Crippen molar-refractivity contribution in [3.63, 3.8) is 0 Å². The van der Waals surface area contributed by atoms with Crippen LogP contribution in [0, 0.1) is 0 Å². The summed E-state index contributed by atoms with van der Waals surface area (Å²) >= 11 is 0. The lowest BCUT2D eigenvalue weighted by Crippen LogP contribution is -2.38. The molecule has 1 heterocycles. The van der Waals surface area contributed by atoms with Gasteiger partial charge in [-0.05, 0) is 20.3 Å². The van der Waals surface area contributed by atoms with Gasteiger partial charge in [-0.2, -0.15) is 0 Å². The summed E-state index contributed by atoms with van der Waals surface area (Å²) in [6.45, 7) is 5.64. The molecule has 0 unspecified atom stereocenters. The Labute approximate surface area is 120 Å². The monoisotopic (exact) mass is 301 g/mol. The van der Waals surface area contributed by atoms with E-state index in [2.05, 4.69) is 20.7 Å². The molecular formula is C12H23N5O2S. The van der Waals surface area contributed by atoms with Crippen LogP contribution in [-0.4, -0.2) is 35.9 Å². The molecular weight excluding hydrogens is 278 g/mol. The number of sulfone groups is 1. The second-order valence-electron chi connectivity index (χ2n) is 5.33. The largest absolute Gasteiger partial charge is 0.368 e. The van der Waals surface area contributed by atoms with E-state index in [-0.39, 0.29) is 6.54 Å². The predicted molar refractivity (Wildman–Crippen MR) is 81.2 cm³/mol. The second-order valence-corrected chi connectivity index (χ2v) is 7.98. The van der Waals surface area contributed by atoms with Crippen molar-refractivity contribution >= 4 is 21.5 Å². The van der Waals surface area contributed by atoms with Crippen LogP contribution in [0.4, 0.5) is 11.6 Å². The highest BCUT2D eigenvalue weighted by Crippen LogP contribution is 2.17. The van der Waals surface area contributed by atoms with Crippen molar-refractivity contribution in [1.29, 1.82) is 0 Å². The Morgan fingerprint density at radius 3 is 2.40 bits per heavy atom. The summed E-state index contributed by atoms with van der Waals surface area (Å²) in [5.74, 6) is 7.11. The fraction of sp³-hybridized carbons (Fsp3) is 0.667. The van der Waals surface area contributed by atoms with Crippen molar-refractivity contribution in [2.24, 2.45) is 5.84 Å². The normalized spacial score (nSPS) is 12.2. The molecule has 0 radical (unpaired) electrons. The van der Waals surface area contributed by atoms with E-state index in [0.717, 1.165) is 12.8 Å². The van der Waals surface area contributed by atoms with E-state index in [1.54, 1.807) is 19.9 Å². The molecule has 1 aromatic heterocycles. The average molecular weight is 301 g/mol. The Hall–Kier alpha value is -1.41. The maximum Gasteiger partial charge on any atom is 0.154 e. The Kier molecular flexibility index (Phi) is 5.29. The number of rotatable bonds is 7. The molecule has 1 aromatic rings. The lowest BCUT2D eigenvalue weighted by atomic mass is 10.2. The first kappa shape index (κ1) is 16.6. The smallest absolute Gasteiger partial charge is 0.154 e. The third-order valence-electron chi connectivity index (χ3n) is 3.09. The molecule has 0 bridgehead atoms. The SMILES string of the molecule is CCCc1nc(NN)cc(NCC(C)(C)S(C)(=O)=O)n1. The fourth-order valence-corrected chi connectivity index (χ4v) is 1.77. The number of hydrogen-bond donors (Lipinski definition) is 3. The van der Waals surface area contributed by atoms with Crippen molar-refractivity contribution in [3.8, 4) is 0 Å². The minimum absolute atomic E-state index is 0.262. The number of aromatic nitrogens is 2. The van der Waals surface area contributed by atoms with Gasteiger partial charge in [-0.1, -0.05) is 6.92 Å². The minimum Gasteiger partial charge on any atom is -0.368 e. The molecule has 0 saturated carbocycles. The van der Waals surface area contributed by atoms with Crippen LogP contribution in [0.1, 0.15) is 33.0 Å². The molecule has 0 atom stereocenters. The molecule has 114 valence electrons. The molecule has 0 aliphatic carbocycles. The van der Waals surface area contributed by atoms with Crippen LogP contribution in [0.15, 0.2) is 6.07 Å². The third-order valence-corrected chi connectivity index (χ3v) is 5.24. The van der Waals surface area contributed by atoms with Gasteiger partial charge >= 0.3 is 0 Å². The van der Waals surface area contributed by atoms with Gasteiger partial charge in [0, 0.05) is 25.3 Å². The molecule has 0 saturated heterocycles. The summed E-state index contributed by atoms with van der Waals surface area (Å²) in [6.07, 6.45) is 2.88. The van der Waals surface area contributed by atoms with Crippen molar-refractivity contribution in [2.75, 3.05) is 23.5 Å². The van der Waals surface area contributed by atoms with Gasteiger partial charge in [0.05, 0.1) is 4.75 Å². The number of aryl methyl sites for hydroxylation is 1. The summed E-state index contributed by atoms with van der Waals surface area (Å²) in [7, 11) is -3.15. The van der Waals surface area contributed by atoms with Crippen LogP contribution in [0.25, 0.3) is 0 Å². The van der Waals surface area contributed by atoms with E-state index in [1.807, 2.05) is 6.92 Å². The first-order valence-electron chi connectivity index (χ1n) is 6.47. The van der Waals surface area contributed by atoms with Crippen LogP contribution in [0.2, 0.25) is 0 Å². The summed E-state index contributed by atoms with van der Waals surface area (Å²) in [5.41, 5.74) is 2.48. The van der Waals surface area contributed by atoms with Crippen molar-refractivity contribution in [1.82, 2.24) is 9.97 Å². The minimum atomic E-state index is -3.15. The fourth-order valence-electron chi connectivity index (χ4n) is 1.43. The zero-order chi connectivity index (χ0) is 15.4. The molecule has 0 aromatic carbocycles. The number of hydrazine groups is 1. The predicted octanol–water partition coefficient (Wildman–Crippen LogP) is 0.950. The molecule has 0 amide bonds. The van der Waals surface area contributed by atoms with Crippen LogP contribution in [0.5, 0.6) is 0 Å². The molecule has 8 heteroatoms. The van der Waals surface area contributed by atoms with E-state index in [0.29, 0.717) is 17.5 Å². The number of nitrogens with zero attached hydrogens (tertiary/aromatic N) is 2. The Balaban J connectivity index is 2.90. The van der Waals surface area contributed by atoms with E-state index < -0.39 is 14.6 Å². The van der Waals surface area contributed by atoms with Crippen LogP contribution in [-0.2, 0) is 16.3 Å². The highest BCUT2D eigenvalue weighted by Gasteiger charge is 2.30. The van der Waals surface area contributed by atoms with Gasteiger partial charge in [0.15, 0.2) is 9.84 Å². The molecule has 20 heavy (non-hydrogen) atoms. The highest BCUT2D eigenvalue weighted by molar-refractivity contribution is 7.92. The zero-order valence-corrected chi connectivity index (χ0v) is 13.2. The van der Waals surface area contributed by atoms with E-state index in [1.165, 1.54) is 6.26 Å². The van der Waals surface area contributed by atoms with E-state index in [9.17, 15) is 8.42 Å². The standard InChI is InChI=1S/C12H23N5O2S/c1-5-6-9-15-10(7-11(16-9)17-13)14-8-12(2,3)20(4,18)19/h7H,5-6,8,13H2,1-4H3,(H2,14,15,16,17). The van der Waals surface area contributed by atoms with Gasteiger partial charge in [0.2, 0.25) is 0 Å². The van der Waals surface area contributed by atoms with Crippen molar-refractivity contribution in [2.45, 2.75) is 38.4 Å². The van der Waals surface area contributed by atoms with E-state index in [4.69, 9.17) is 5.84 Å². The van der Waals surface area contributed by atoms with E-state index >= 15 is 0 Å². The molecule has 0 aliphatic heterocycles. The first-order valence-corrected chi connectivity index (χ1v) is 8.37. The Bertz CT molecular complexity index is 557. The molecule has 0 aliphatic rings. The molecule has 1 rings (SSSR count). The highest BCUT2D eigenvalue weighted by atomic mass is 32.2. The third kappa shape index (κ3) is 4.31. The van der Waals surface area contributed by atoms with Gasteiger partial charge < -0.3 is 10.7 Å². The van der Waals surface area contributed by atoms with Crippen LogP contribution < -0.4 is 16.6 Å². The molecule has 4 N–H and O–H groups in total. The average Bonchev–Trinajstić information content (AvgIpc) is 2.35. The quantitative estimate of drug-likeness (QED) is 0.508. The summed E-state index contributed by atoms with van der Waals surface area (Å²) in [6, 6.07) is 1.65. The summed E-state index contributed by atoms with van der Waals surface area (Å²) in [4.78, 5) is 8.57. The van der Waals surface area contributed by atoms with Gasteiger partial charge in [-0.3, -0.25) is 0 Å². The van der Waals surface area contributed by atoms with Crippen LogP contribution >= 0.6 is 0 Å². The van der Waals surface area contributed by atoms with Gasteiger partial charge in [0.1, 0.15) is 17.5 Å². The van der Waals surface area contributed by atoms with Gasteiger partial charge in [-0.25, -0.2) is 24.2 Å². The van der Waals surface area contributed by atoms with Crippen molar-refractivity contribution < 1.29 is 8.42 Å². The second kappa shape index (κ2) is 6.36. The molecule has 7 nitrogen and oxygen atoms in total. The summed E-state index contributed by atoms with van der Waals surface area (Å²) in [5, 5.41) is 3.04. The maximum atomic E-state index is 11.7. The van der Waals surface area contributed by atoms with Crippen LogP contribution in [0.3, 0.4) is 0 Å². The Morgan fingerprint density at radius 1 is 1.30 bits per heavy atom. The number of hydrogen-bond acceptors (Lipinski definition) is 7. The van der Waals surface area contributed by atoms with Gasteiger partial charge in [-0.15, -0.1) is 0 Å².